The molecule has 13 heavy (non-hydrogen) atoms. The Balaban J connectivity index is 4.22. The van der Waals surface area contributed by atoms with Gasteiger partial charge in [0.2, 0.25) is 0 Å². The first kappa shape index (κ1) is 13.4. The zero-order valence-electron chi connectivity index (χ0n) is 10.3. The van der Waals surface area contributed by atoms with Gasteiger partial charge in [0, 0.05) is 5.73 Å². The Bertz CT molecular complexity index is 144. The van der Waals surface area contributed by atoms with Crippen LogP contribution in [0.1, 0.15) is 27.2 Å². The van der Waals surface area contributed by atoms with Gasteiger partial charge in [0.15, 0.2) is 8.32 Å². The van der Waals surface area contributed by atoms with Crippen molar-refractivity contribution in [2.24, 2.45) is 0 Å². The highest BCUT2D eigenvalue weighted by Gasteiger charge is 2.30. The summed E-state index contributed by atoms with van der Waals surface area (Å²) >= 11 is 0. The average Bonchev–Trinajstić information content (AvgIpc) is 1.99. The second kappa shape index (κ2) is 5.32. The van der Waals surface area contributed by atoms with Crippen LogP contribution in [0.15, 0.2) is 0 Å². The van der Waals surface area contributed by atoms with E-state index in [0.29, 0.717) is 5.73 Å². The highest BCUT2D eigenvalue weighted by molar-refractivity contribution is 6.73. The molecule has 0 heterocycles. The second-order valence-corrected chi connectivity index (χ2v) is 12.9. The fourth-order valence-corrected chi connectivity index (χ4v) is 5.52. The maximum absolute atomic E-state index is 6.31. The fraction of sp³-hybridized carbons (Fsp3) is 1.00. The molecule has 0 aliphatic carbocycles. The molecular weight excluding hydrogens is 192 g/mol. The summed E-state index contributed by atoms with van der Waals surface area (Å²) in [5.74, 6) is 0. The lowest BCUT2D eigenvalue weighted by atomic mass is 10.5. The average molecular weight is 218 g/mol. The maximum Gasteiger partial charge on any atom is 0.189 e. The molecule has 1 unspecified atom stereocenters. The Labute approximate surface area is 86.6 Å². The Kier molecular flexibility index (Phi) is 5.48. The van der Waals surface area contributed by atoms with Gasteiger partial charge >= 0.3 is 0 Å². The van der Waals surface area contributed by atoms with Crippen molar-refractivity contribution >= 4 is 17.1 Å². The van der Waals surface area contributed by atoms with Gasteiger partial charge in [-0.25, -0.2) is 0 Å². The zero-order valence-corrected chi connectivity index (χ0v) is 12.5. The molecule has 1 atom stereocenters. The standard InChI is InChI=1S/C10H26OSi2/c1-8-10(12(4)5)11-13(6,7)9(2)3/h9-10,12H,8H2,1-7H3. The van der Waals surface area contributed by atoms with E-state index in [1.807, 2.05) is 0 Å². The van der Waals surface area contributed by atoms with E-state index >= 15 is 0 Å². The molecular formula is C10H26OSi2. The first-order valence-corrected chi connectivity index (χ1v) is 11.4. The van der Waals surface area contributed by atoms with Crippen molar-refractivity contribution in [1.29, 1.82) is 0 Å². The first-order chi connectivity index (χ1) is 5.81. The van der Waals surface area contributed by atoms with Crippen LogP contribution in [0.3, 0.4) is 0 Å². The van der Waals surface area contributed by atoms with Crippen LogP contribution in [0.2, 0.25) is 31.7 Å². The Morgan fingerprint density at radius 1 is 1.23 bits per heavy atom. The van der Waals surface area contributed by atoms with Gasteiger partial charge in [-0.05, 0) is 25.1 Å². The lowest BCUT2D eigenvalue weighted by molar-refractivity contribution is 0.254. The van der Waals surface area contributed by atoms with E-state index in [1.54, 1.807) is 0 Å². The third-order valence-electron chi connectivity index (χ3n) is 2.99. The maximum atomic E-state index is 6.31. The van der Waals surface area contributed by atoms with E-state index in [-0.39, 0.29) is 0 Å². The highest BCUT2D eigenvalue weighted by Crippen LogP contribution is 2.24. The smallest absolute Gasteiger partial charge is 0.189 e. The molecule has 0 rings (SSSR count). The minimum atomic E-state index is -1.39. The monoisotopic (exact) mass is 218 g/mol. The molecule has 0 aromatic heterocycles. The van der Waals surface area contributed by atoms with Crippen LogP contribution in [0.4, 0.5) is 0 Å². The lowest BCUT2D eigenvalue weighted by Crippen LogP contribution is -2.42. The van der Waals surface area contributed by atoms with Crippen molar-refractivity contribution in [3.05, 3.63) is 0 Å². The van der Waals surface area contributed by atoms with E-state index in [1.165, 1.54) is 6.42 Å². The minimum Gasteiger partial charge on any atom is -0.418 e. The summed E-state index contributed by atoms with van der Waals surface area (Å²) in [5, 5.41) is 0. The normalized spacial score (nSPS) is 15.5. The number of hydrogen-bond donors (Lipinski definition) is 0. The molecule has 0 aromatic rings. The van der Waals surface area contributed by atoms with E-state index in [0.717, 1.165) is 5.54 Å². The zero-order chi connectivity index (χ0) is 10.6. The van der Waals surface area contributed by atoms with Crippen molar-refractivity contribution in [3.8, 4) is 0 Å². The van der Waals surface area contributed by atoms with Gasteiger partial charge < -0.3 is 4.43 Å². The molecule has 80 valence electrons. The molecule has 0 aliphatic rings. The van der Waals surface area contributed by atoms with Gasteiger partial charge in [0.05, 0.1) is 8.80 Å². The Hall–Kier alpha value is 0.394. The van der Waals surface area contributed by atoms with Gasteiger partial charge in [-0.3, -0.25) is 0 Å². The molecule has 0 radical (unpaired) electrons. The van der Waals surface area contributed by atoms with Crippen molar-refractivity contribution in [1.82, 2.24) is 0 Å². The molecule has 0 N–H and O–H groups in total. The molecule has 1 nitrogen and oxygen atoms in total. The van der Waals surface area contributed by atoms with E-state index in [4.69, 9.17) is 4.43 Å². The number of hydrogen-bond acceptors (Lipinski definition) is 1. The van der Waals surface area contributed by atoms with E-state index in [9.17, 15) is 0 Å². The summed E-state index contributed by atoms with van der Waals surface area (Å²) in [4.78, 5) is 0. The molecule has 0 bridgehead atoms. The molecule has 0 amide bonds. The van der Waals surface area contributed by atoms with Crippen LogP contribution in [0.5, 0.6) is 0 Å². The third kappa shape index (κ3) is 4.43. The summed E-state index contributed by atoms with van der Waals surface area (Å²) in [6.45, 7) is 16.3. The van der Waals surface area contributed by atoms with Crippen molar-refractivity contribution < 1.29 is 4.43 Å². The van der Waals surface area contributed by atoms with Gasteiger partial charge in [-0.1, -0.05) is 33.9 Å². The molecule has 0 spiro atoms. The molecule has 0 fully saturated rings. The minimum absolute atomic E-state index is 0.601. The summed E-state index contributed by atoms with van der Waals surface area (Å²) in [5.41, 5.74) is 1.33. The molecule has 0 aromatic carbocycles. The highest BCUT2D eigenvalue weighted by atomic mass is 28.4. The summed E-state index contributed by atoms with van der Waals surface area (Å²) in [7, 11) is -2.01. The predicted octanol–water partition coefficient (Wildman–Crippen LogP) is 3.42. The quantitative estimate of drug-likeness (QED) is 0.643. The SMILES string of the molecule is CCC(O[Si](C)(C)C(C)C)[SiH](C)C. The number of rotatable bonds is 5. The molecule has 0 aliphatic heterocycles. The molecule has 0 saturated carbocycles. The van der Waals surface area contributed by atoms with Crippen molar-refractivity contribution in [3.63, 3.8) is 0 Å². The molecule has 0 saturated heterocycles. The Morgan fingerprint density at radius 2 is 1.69 bits per heavy atom. The second-order valence-electron chi connectivity index (χ2n) is 5.07. The van der Waals surface area contributed by atoms with Crippen LogP contribution in [0.25, 0.3) is 0 Å². The van der Waals surface area contributed by atoms with Crippen LogP contribution < -0.4 is 0 Å². The first-order valence-electron chi connectivity index (χ1n) is 5.49. The fourth-order valence-electron chi connectivity index (χ4n) is 1.22. The summed E-state index contributed by atoms with van der Waals surface area (Å²) in [6.07, 6.45) is 1.20. The van der Waals surface area contributed by atoms with E-state index in [2.05, 4.69) is 47.0 Å². The van der Waals surface area contributed by atoms with Crippen LogP contribution in [-0.2, 0) is 4.43 Å². The van der Waals surface area contributed by atoms with Crippen LogP contribution in [-0.4, -0.2) is 22.8 Å². The predicted molar refractivity (Wildman–Crippen MR) is 66.6 cm³/mol. The Morgan fingerprint density at radius 3 is 1.92 bits per heavy atom. The lowest BCUT2D eigenvalue weighted by Gasteiger charge is -2.33. The van der Waals surface area contributed by atoms with Gasteiger partial charge in [-0.2, -0.15) is 0 Å². The topological polar surface area (TPSA) is 9.23 Å². The third-order valence-corrected chi connectivity index (χ3v) is 9.05. The molecule has 3 heteroatoms. The largest absolute Gasteiger partial charge is 0.418 e. The summed E-state index contributed by atoms with van der Waals surface area (Å²) < 4.78 is 6.31. The van der Waals surface area contributed by atoms with Crippen molar-refractivity contribution in [2.45, 2.75) is 64.6 Å². The van der Waals surface area contributed by atoms with Gasteiger partial charge in [-0.15, -0.1) is 0 Å². The van der Waals surface area contributed by atoms with Gasteiger partial charge in [0.1, 0.15) is 0 Å². The van der Waals surface area contributed by atoms with Crippen LogP contribution >= 0.6 is 0 Å². The van der Waals surface area contributed by atoms with Crippen LogP contribution in [0, 0.1) is 0 Å². The van der Waals surface area contributed by atoms with Gasteiger partial charge in [0.25, 0.3) is 0 Å². The summed E-state index contributed by atoms with van der Waals surface area (Å²) in [6, 6.07) is 0. The van der Waals surface area contributed by atoms with E-state index < -0.39 is 17.1 Å². The van der Waals surface area contributed by atoms with Crippen molar-refractivity contribution in [2.75, 3.05) is 0 Å².